The third kappa shape index (κ3) is 4.51. The van der Waals surface area contributed by atoms with Crippen LogP contribution in [0.4, 0.5) is 5.69 Å². The van der Waals surface area contributed by atoms with E-state index < -0.39 is 11.9 Å². The standard InChI is InChI=1S/C20H25N4O4/c1-21-20(26)18(13-6-4-3-5-7-13)23-19(25)17-11-10-16(28-17)15-9-8-14(12-22-15)24(2)27/h8-13,18H,3-7H2,1-2H3,(H,21,26)(H,23,25)/q-1/t18-/m0/s1. The molecule has 2 N–H and O–H groups in total. The number of anilines is 1. The molecule has 1 saturated carbocycles. The van der Waals surface area contributed by atoms with Crippen molar-refractivity contribution in [1.29, 1.82) is 0 Å². The fourth-order valence-electron chi connectivity index (χ4n) is 3.55. The molecule has 0 aromatic carbocycles. The van der Waals surface area contributed by atoms with E-state index in [2.05, 4.69) is 15.6 Å². The molecule has 0 spiro atoms. The smallest absolute Gasteiger partial charge is 0.287 e. The van der Waals surface area contributed by atoms with Crippen molar-refractivity contribution in [1.82, 2.24) is 15.6 Å². The van der Waals surface area contributed by atoms with Crippen LogP contribution < -0.4 is 15.7 Å². The van der Waals surface area contributed by atoms with Gasteiger partial charge in [-0.15, -0.1) is 0 Å². The number of aromatic nitrogens is 1. The molecule has 150 valence electrons. The highest BCUT2D eigenvalue weighted by Gasteiger charge is 2.31. The van der Waals surface area contributed by atoms with Crippen molar-refractivity contribution in [2.75, 3.05) is 19.2 Å². The molecular weight excluding hydrogens is 360 g/mol. The van der Waals surface area contributed by atoms with Crippen LogP contribution in [0.5, 0.6) is 0 Å². The summed E-state index contributed by atoms with van der Waals surface area (Å²) in [6.45, 7) is 0. The largest absolute Gasteiger partial charge is 0.758 e. The van der Waals surface area contributed by atoms with Crippen molar-refractivity contribution in [2.45, 2.75) is 38.1 Å². The van der Waals surface area contributed by atoms with Crippen molar-refractivity contribution in [3.8, 4) is 11.5 Å². The first-order valence-electron chi connectivity index (χ1n) is 9.49. The summed E-state index contributed by atoms with van der Waals surface area (Å²) >= 11 is 0. The van der Waals surface area contributed by atoms with Crippen molar-refractivity contribution < 1.29 is 14.0 Å². The first kappa shape index (κ1) is 19.9. The number of likely N-dealkylation sites (N-methyl/N-ethyl adjacent to an activating group) is 1. The normalized spacial score (nSPS) is 15.7. The van der Waals surface area contributed by atoms with Crippen LogP contribution in [0.1, 0.15) is 42.7 Å². The molecule has 1 aliphatic carbocycles. The number of rotatable bonds is 6. The molecule has 2 aromatic rings. The number of furan rings is 1. The summed E-state index contributed by atoms with van der Waals surface area (Å²) in [4.78, 5) is 29.1. The summed E-state index contributed by atoms with van der Waals surface area (Å²) in [5.74, 6) is 0.0451. The van der Waals surface area contributed by atoms with E-state index in [0.29, 0.717) is 22.2 Å². The van der Waals surface area contributed by atoms with Crippen LogP contribution in [-0.2, 0) is 4.79 Å². The lowest BCUT2D eigenvalue weighted by Gasteiger charge is -2.29. The maximum atomic E-state index is 12.7. The zero-order chi connectivity index (χ0) is 20.1. The molecule has 28 heavy (non-hydrogen) atoms. The van der Waals surface area contributed by atoms with Gasteiger partial charge in [0.15, 0.2) is 11.5 Å². The molecule has 3 rings (SSSR count). The first-order valence-corrected chi connectivity index (χ1v) is 9.49. The molecule has 0 saturated heterocycles. The average molecular weight is 385 g/mol. The van der Waals surface area contributed by atoms with Crippen LogP contribution in [0.3, 0.4) is 0 Å². The van der Waals surface area contributed by atoms with Crippen LogP contribution in [0.25, 0.3) is 11.5 Å². The predicted octanol–water partition coefficient (Wildman–Crippen LogP) is 2.70. The van der Waals surface area contributed by atoms with E-state index in [9.17, 15) is 14.8 Å². The average Bonchev–Trinajstić information content (AvgIpc) is 3.22. The van der Waals surface area contributed by atoms with Gasteiger partial charge in [-0.3, -0.25) is 14.6 Å². The van der Waals surface area contributed by atoms with E-state index in [1.165, 1.54) is 19.7 Å². The number of nitrogens with zero attached hydrogens (tertiary/aromatic N) is 2. The molecule has 1 aliphatic rings. The molecule has 0 aliphatic heterocycles. The number of carbonyl (C=O) groups is 2. The van der Waals surface area contributed by atoms with Crippen molar-refractivity contribution in [3.63, 3.8) is 0 Å². The summed E-state index contributed by atoms with van der Waals surface area (Å²) in [6.07, 6.45) is 6.59. The quantitative estimate of drug-likeness (QED) is 0.740. The van der Waals surface area contributed by atoms with E-state index in [1.807, 2.05) is 0 Å². The Morgan fingerprint density at radius 3 is 2.57 bits per heavy atom. The van der Waals surface area contributed by atoms with E-state index in [4.69, 9.17) is 4.42 Å². The van der Waals surface area contributed by atoms with Crippen molar-refractivity contribution >= 4 is 17.5 Å². The van der Waals surface area contributed by atoms with Gasteiger partial charge >= 0.3 is 0 Å². The van der Waals surface area contributed by atoms with Gasteiger partial charge in [-0.25, -0.2) is 0 Å². The highest BCUT2D eigenvalue weighted by atomic mass is 16.5. The van der Waals surface area contributed by atoms with Crippen LogP contribution in [0.15, 0.2) is 34.9 Å². The topological polar surface area (TPSA) is 111 Å². The Bertz CT molecular complexity index is 810. The van der Waals surface area contributed by atoms with Gasteiger partial charge in [-0.1, -0.05) is 19.3 Å². The van der Waals surface area contributed by atoms with Gasteiger partial charge in [-0.2, -0.15) is 0 Å². The highest BCUT2D eigenvalue weighted by molar-refractivity contribution is 5.96. The number of hydrogen-bond donors (Lipinski definition) is 2. The van der Waals surface area contributed by atoms with Crippen molar-refractivity contribution in [3.05, 3.63) is 41.4 Å². The van der Waals surface area contributed by atoms with E-state index in [0.717, 1.165) is 25.7 Å². The predicted molar refractivity (Wildman–Crippen MR) is 106 cm³/mol. The molecule has 8 heteroatoms. The number of carbonyl (C=O) groups excluding carboxylic acids is 2. The fraction of sp³-hybridized carbons (Fsp3) is 0.450. The molecule has 1 fully saturated rings. The maximum Gasteiger partial charge on any atom is 0.287 e. The van der Waals surface area contributed by atoms with Crippen LogP contribution in [0.2, 0.25) is 0 Å². The molecule has 2 amide bonds. The number of hydrogen-bond acceptors (Lipinski definition) is 6. The summed E-state index contributed by atoms with van der Waals surface area (Å²) in [5, 5.41) is 17.4. The molecule has 2 aromatic heterocycles. The van der Waals surface area contributed by atoms with Gasteiger partial charge in [0.05, 0.1) is 6.20 Å². The lowest BCUT2D eigenvalue weighted by atomic mass is 9.83. The van der Waals surface area contributed by atoms with Gasteiger partial charge < -0.3 is 25.3 Å². The number of nitrogens with one attached hydrogen (secondary N) is 2. The Morgan fingerprint density at radius 2 is 1.96 bits per heavy atom. The minimum Gasteiger partial charge on any atom is -0.758 e. The molecule has 8 nitrogen and oxygen atoms in total. The molecule has 1 atom stereocenters. The van der Waals surface area contributed by atoms with Crippen LogP contribution in [-0.4, -0.2) is 36.9 Å². The summed E-state index contributed by atoms with van der Waals surface area (Å²) in [6, 6.07) is 5.91. The van der Waals surface area contributed by atoms with E-state index in [1.54, 1.807) is 31.3 Å². The van der Waals surface area contributed by atoms with Crippen molar-refractivity contribution in [2.24, 2.45) is 5.92 Å². The van der Waals surface area contributed by atoms with Crippen LogP contribution in [0, 0.1) is 11.1 Å². The highest BCUT2D eigenvalue weighted by Crippen LogP contribution is 2.27. The third-order valence-corrected chi connectivity index (χ3v) is 5.13. The molecule has 0 bridgehead atoms. The first-order chi connectivity index (χ1) is 13.5. The lowest BCUT2D eigenvalue weighted by Crippen LogP contribution is -2.50. The fourth-order valence-corrected chi connectivity index (χ4v) is 3.55. The van der Waals surface area contributed by atoms with Gasteiger partial charge in [0, 0.05) is 12.7 Å². The number of pyridine rings is 1. The maximum absolute atomic E-state index is 12.7. The Kier molecular flexibility index (Phi) is 6.30. The second-order valence-corrected chi connectivity index (χ2v) is 7.03. The minimum atomic E-state index is -0.573. The number of hydroxylamine groups is 1. The van der Waals surface area contributed by atoms with Gasteiger partial charge in [0.2, 0.25) is 5.91 Å². The summed E-state index contributed by atoms with van der Waals surface area (Å²) in [5.41, 5.74) is 0.939. The molecule has 2 heterocycles. The van der Waals surface area contributed by atoms with E-state index in [-0.39, 0.29) is 17.6 Å². The zero-order valence-corrected chi connectivity index (χ0v) is 16.1. The Hall–Kier alpha value is -2.87. The number of amides is 2. The third-order valence-electron chi connectivity index (χ3n) is 5.13. The molecule has 0 unspecified atom stereocenters. The van der Waals surface area contributed by atoms with Gasteiger partial charge in [-0.05, 0) is 50.1 Å². The second-order valence-electron chi connectivity index (χ2n) is 7.03. The Labute approximate surface area is 163 Å². The second kappa shape index (κ2) is 8.88. The van der Waals surface area contributed by atoms with Gasteiger partial charge in [0.1, 0.15) is 11.7 Å². The summed E-state index contributed by atoms with van der Waals surface area (Å²) < 4.78 is 5.64. The lowest BCUT2D eigenvalue weighted by molar-refractivity contribution is -0.124. The minimum absolute atomic E-state index is 0.117. The zero-order valence-electron chi connectivity index (χ0n) is 16.1. The molecule has 0 radical (unpaired) electrons. The Balaban J connectivity index is 1.72. The Morgan fingerprint density at radius 1 is 1.21 bits per heavy atom. The monoisotopic (exact) mass is 385 g/mol. The SMILES string of the molecule is CNC(=O)[C@@H](NC(=O)c1ccc(-c2ccc(N(C)[O-])cn2)o1)C1CCCCC1. The molecular formula is C20H25N4O4-. The van der Waals surface area contributed by atoms with Gasteiger partial charge in [0.25, 0.3) is 5.91 Å². The van der Waals surface area contributed by atoms with Crippen LogP contribution >= 0.6 is 0 Å². The summed E-state index contributed by atoms with van der Waals surface area (Å²) in [7, 11) is 2.96. The van der Waals surface area contributed by atoms with E-state index >= 15 is 0 Å².